The molecule has 15 heavy (non-hydrogen) atoms. The van der Waals surface area contributed by atoms with Gasteiger partial charge in [0.2, 0.25) is 0 Å². The maximum Gasteiger partial charge on any atom is 0.132 e. The van der Waals surface area contributed by atoms with Crippen molar-refractivity contribution in [2.24, 2.45) is 0 Å². The number of nitrogens with zero attached hydrogens (tertiary/aromatic N) is 1. The second kappa shape index (κ2) is 4.14. The van der Waals surface area contributed by atoms with Crippen LogP contribution in [0.25, 0.3) is 10.9 Å². The second-order valence-corrected chi connectivity index (χ2v) is 4.80. The summed E-state index contributed by atoms with van der Waals surface area (Å²) in [4.78, 5) is 4.33. The van der Waals surface area contributed by atoms with Gasteiger partial charge in [-0.1, -0.05) is 11.6 Å². The first kappa shape index (κ1) is 11.0. The zero-order valence-corrected chi connectivity index (χ0v) is 11.3. The van der Waals surface area contributed by atoms with Crippen LogP contribution in [0.4, 0.5) is 0 Å². The van der Waals surface area contributed by atoms with E-state index < -0.39 is 0 Å². The Morgan fingerprint density at radius 1 is 1.40 bits per heavy atom. The smallest absolute Gasteiger partial charge is 0.132 e. The zero-order valence-electron chi connectivity index (χ0n) is 8.34. The Bertz CT molecular complexity index is 527. The minimum absolute atomic E-state index is 0.745. The average Bonchev–Trinajstić information content (AvgIpc) is 2.23. The van der Waals surface area contributed by atoms with Gasteiger partial charge in [0.15, 0.2) is 0 Å². The Hall–Kier alpha value is -0.550. The van der Waals surface area contributed by atoms with E-state index >= 15 is 0 Å². The first-order valence-electron chi connectivity index (χ1n) is 4.42. The zero-order chi connectivity index (χ0) is 11.0. The fourth-order valence-corrected chi connectivity index (χ4v) is 2.29. The number of benzene rings is 1. The van der Waals surface area contributed by atoms with Crippen molar-refractivity contribution in [3.05, 3.63) is 32.5 Å². The number of hydrogen-bond donors (Lipinski definition) is 0. The van der Waals surface area contributed by atoms with Crippen LogP contribution >= 0.6 is 34.2 Å². The van der Waals surface area contributed by atoms with Crippen LogP contribution < -0.4 is 4.74 Å². The van der Waals surface area contributed by atoms with Crippen molar-refractivity contribution >= 4 is 45.1 Å². The highest BCUT2D eigenvalue weighted by Gasteiger charge is 2.08. The van der Waals surface area contributed by atoms with Gasteiger partial charge >= 0.3 is 0 Å². The third-order valence-corrected chi connectivity index (χ3v) is 3.59. The maximum atomic E-state index is 6.21. The van der Waals surface area contributed by atoms with Crippen LogP contribution in [0.3, 0.4) is 0 Å². The number of rotatable bonds is 1. The molecule has 0 aliphatic heterocycles. The Morgan fingerprint density at radius 3 is 2.80 bits per heavy atom. The molecule has 0 radical (unpaired) electrons. The lowest BCUT2D eigenvalue weighted by Crippen LogP contribution is -1.90. The lowest BCUT2D eigenvalue weighted by molar-refractivity contribution is 0.412. The van der Waals surface area contributed by atoms with Gasteiger partial charge in [-0.2, -0.15) is 0 Å². The Labute approximate surface area is 107 Å². The molecule has 2 nitrogen and oxygen atoms in total. The number of pyridine rings is 1. The number of hydrogen-bond acceptors (Lipinski definition) is 2. The number of aromatic nitrogens is 1. The highest BCUT2D eigenvalue weighted by molar-refractivity contribution is 14.1. The molecule has 0 saturated carbocycles. The Kier molecular flexibility index (Phi) is 3.02. The van der Waals surface area contributed by atoms with Crippen LogP contribution in [0.5, 0.6) is 5.75 Å². The van der Waals surface area contributed by atoms with Crippen LogP contribution in [-0.2, 0) is 0 Å². The van der Waals surface area contributed by atoms with E-state index in [0.717, 1.165) is 30.8 Å². The van der Waals surface area contributed by atoms with Gasteiger partial charge in [0.05, 0.1) is 21.2 Å². The highest BCUT2D eigenvalue weighted by Crippen LogP contribution is 2.31. The predicted molar refractivity (Wildman–Crippen MR) is 70.8 cm³/mol. The summed E-state index contributed by atoms with van der Waals surface area (Å²) in [5.41, 5.74) is 1.88. The van der Waals surface area contributed by atoms with Gasteiger partial charge in [0.1, 0.15) is 5.75 Å². The third kappa shape index (κ3) is 1.90. The summed E-state index contributed by atoms with van der Waals surface area (Å²) >= 11 is 8.43. The minimum Gasteiger partial charge on any atom is -0.496 e. The Balaban J connectivity index is 2.82. The number of aryl methyl sites for hydroxylation is 1. The van der Waals surface area contributed by atoms with E-state index in [1.807, 2.05) is 19.1 Å². The molecule has 0 fully saturated rings. The van der Waals surface area contributed by atoms with E-state index in [0.29, 0.717) is 0 Å². The molecule has 0 amide bonds. The molecule has 0 bridgehead atoms. The molecule has 0 unspecified atom stereocenters. The van der Waals surface area contributed by atoms with E-state index in [9.17, 15) is 0 Å². The van der Waals surface area contributed by atoms with Crippen molar-refractivity contribution < 1.29 is 4.74 Å². The normalized spacial score (nSPS) is 10.7. The van der Waals surface area contributed by atoms with Crippen LogP contribution in [-0.4, -0.2) is 12.1 Å². The minimum atomic E-state index is 0.745. The number of methoxy groups -OCH3 is 1. The van der Waals surface area contributed by atoms with E-state index in [1.165, 1.54) is 0 Å². The van der Waals surface area contributed by atoms with Gasteiger partial charge in [-0.15, -0.1) is 0 Å². The summed E-state index contributed by atoms with van der Waals surface area (Å²) in [7, 11) is 1.65. The highest BCUT2D eigenvalue weighted by atomic mass is 127. The summed E-state index contributed by atoms with van der Waals surface area (Å²) in [5, 5.41) is 1.68. The summed E-state index contributed by atoms with van der Waals surface area (Å²) < 4.78 is 6.29. The molecule has 1 aromatic carbocycles. The van der Waals surface area contributed by atoms with Gasteiger partial charge in [-0.25, -0.2) is 0 Å². The van der Waals surface area contributed by atoms with Gasteiger partial charge in [0, 0.05) is 11.6 Å². The largest absolute Gasteiger partial charge is 0.496 e. The van der Waals surface area contributed by atoms with Crippen LogP contribution in [0, 0.1) is 10.5 Å². The lowest BCUT2D eigenvalue weighted by atomic mass is 10.1. The van der Waals surface area contributed by atoms with Crippen LogP contribution in [0.2, 0.25) is 5.02 Å². The average molecular weight is 334 g/mol. The van der Waals surface area contributed by atoms with Gasteiger partial charge in [0.25, 0.3) is 0 Å². The van der Waals surface area contributed by atoms with E-state index in [2.05, 4.69) is 27.6 Å². The van der Waals surface area contributed by atoms with Crippen molar-refractivity contribution in [1.29, 1.82) is 0 Å². The Morgan fingerprint density at radius 2 is 2.13 bits per heavy atom. The van der Waals surface area contributed by atoms with E-state index in [1.54, 1.807) is 13.3 Å². The van der Waals surface area contributed by atoms with Gasteiger partial charge in [-0.05, 0) is 47.2 Å². The first-order valence-corrected chi connectivity index (χ1v) is 5.87. The molecular formula is C11H9ClINO. The summed E-state index contributed by atoms with van der Waals surface area (Å²) in [5.74, 6) is 0.831. The van der Waals surface area contributed by atoms with Crippen molar-refractivity contribution in [1.82, 2.24) is 4.98 Å². The molecule has 0 aliphatic carbocycles. The maximum absolute atomic E-state index is 6.21. The monoisotopic (exact) mass is 333 g/mol. The van der Waals surface area contributed by atoms with Gasteiger partial charge in [-0.3, -0.25) is 4.98 Å². The third-order valence-electron chi connectivity index (χ3n) is 2.25. The van der Waals surface area contributed by atoms with E-state index in [4.69, 9.17) is 16.3 Å². The fourth-order valence-electron chi connectivity index (χ4n) is 1.42. The molecule has 1 heterocycles. The predicted octanol–water partition coefficient (Wildman–Crippen LogP) is 3.81. The first-order chi connectivity index (χ1) is 7.13. The number of fused-ring (bicyclic) bond motifs is 1. The van der Waals surface area contributed by atoms with Crippen molar-refractivity contribution in [2.45, 2.75) is 6.92 Å². The molecule has 78 valence electrons. The van der Waals surface area contributed by atoms with Crippen LogP contribution in [0.15, 0.2) is 18.3 Å². The molecule has 0 spiro atoms. The summed E-state index contributed by atoms with van der Waals surface area (Å²) in [6, 6.07) is 3.90. The fraction of sp³-hybridized carbons (Fsp3) is 0.182. The molecular weight excluding hydrogens is 324 g/mol. The molecule has 0 aliphatic rings. The van der Waals surface area contributed by atoms with E-state index in [-0.39, 0.29) is 0 Å². The van der Waals surface area contributed by atoms with Crippen molar-refractivity contribution in [3.8, 4) is 5.75 Å². The molecule has 1 aromatic heterocycles. The second-order valence-electron chi connectivity index (χ2n) is 3.26. The molecule has 2 rings (SSSR count). The van der Waals surface area contributed by atoms with Crippen LogP contribution in [0.1, 0.15) is 5.56 Å². The summed E-state index contributed by atoms with van der Waals surface area (Å²) in [6.07, 6.45) is 1.78. The number of ether oxygens (including phenoxy) is 1. The molecule has 0 N–H and O–H groups in total. The number of halogens is 2. The SMILES string of the molecule is COc1cc2c(Cl)c(C)cnc2cc1I. The quantitative estimate of drug-likeness (QED) is 0.740. The van der Waals surface area contributed by atoms with Crippen molar-refractivity contribution in [3.63, 3.8) is 0 Å². The molecule has 0 saturated heterocycles. The lowest BCUT2D eigenvalue weighted by Gasteiger charge is -2.07. The molecule has 0 atom stereocenters. The summed E-state index contributed by atoms with van der Waals surface area (Å²) in [6.45, 7) is 1.94. The van der Waals surface area contributed by atoms with Crippen molar-refractivity contribution in [2.75, 3.05) is 7.11 Å². The molecule has 2 aromatic rings. The topological polar surface area (TPSA) is 22.1 Å². The molecule has 4 heteroatoms. The van der Waals surface area contributed by atoms with Gasteiger partial charge < -0.3 is 4.74 Å². The standard InChI is InChI=1S/C11H9ClINO/c1-6-5-14-9-4-8(13)10(15-2)3-7(9)11(6)12/h3-5H,1-2H3.